The number of anilines is 1. The molecule has 0 bridgehead atoms. The molecule has 0 fully saturated rings. The van der Waals surface area contributed by atoms with Crippen LogP contribution in [0.4, 0.5) is 5.82 Å². The Labute approximate surface area is 126 Å². The van der Waals surface area contributed by atoms with Gasteiger partial charge in [0.1, 0.15) is 5.82 Å². The van der Waals surface area contributed by atoms with Gasteiger partial charge in [-0.2, -0.15) is 0 Å². The maximum Gasteiger partial charge on any atom is 0.211 e. The Kier molecular flexibility index (Phi) is 5.14. The third-order valence-electron chi connectivity index (χ3n) is 3.37. The number of hydrogen-bond donors (Lipinski definition) is 1. The van der Waals surface area contributed by atoms with Crippen LogP contribution >= 0.6 is 0 Å². The third kappa shape index (κ3) is 4.15. The lowest BCUT2D eigenvalue weighted by Crippen LogP contribution is -2.31. The zero-order valence-electron chi connectivity index (χ0n) is 12.4. The molecule has 0 aliphatic carbocycles. The molecule has 0 spiro atoms. The van der Waals surface area contributed by atoms with Gasteiger partial charge in [0, 0.05) is 31.2 Å². The van der Waals surface area contributed by atoms with Crippen LogP contribution in [0.2, 0.25) is 0 Å². The van der Waals surface area contributed by atoms with E-state index >= 15 is 0 Å². The minimum absolute atomic E-state index is 0.505. The van der Waals surface area contributed by atoms with Gasteiger partial charge in [0.2, 0.25) is 10.0 Å². The summed E-state index contributed by atoms with van der Waals surface area (Å²) >= 11 is 0. The molecule has 2 aromatic rings. The maximum absolute atomic E-state index is 11.5. The van der Waals surface area contributed by atoms with E-state index in [1.807, 2.05) is 37.3 Å². The lowest BCUT2D eigenvalue weighted by molar-refractivity contribution is 0.428. The van der Waals surface area contributed by atoms with Crippen LogP contribution in [0.1, 0.15) is 13.3 Å². The SMILES string of the molecule is CCN(CCCNc1nccc2ccccc12)S(C)(=O)=O. The molecule has 1 aromatic heterocycles. The fraction of sp³-hybridized carbons (Fsp3) is 0.400. The Bertz CT molecular complexity index is 696. The minimum atomic E-state index is -3.10. The third-order valence-corrected chi connectivity index (χ3v) is 4.75. The van der Waals surface area contributed by atoms with Crippen molar-refractivity contribution in [2.75, 3.05) is 31.2 Å². The fourth-order valence-corrected chi connectivity index (χ4v) is 3.21. The molecule has 0 radical (unpaired) electrons. The van der Waals surface area contributed by atoms with E-state index in [1.165, 1.54) is 10.6 Å². The number of pyridine rings is 1. The number of aromatic nitrogens is 1. The van der Waals surface area contributed by atoms with Crippen LogP contribution in [0.25, 0.3) is 10.8 Å². The van der Waals surface area contributed by atoms with Gasteiger partial charge in [-0.1, -0.05) is 31.2 Å². The monoisotopic (exact) mass is 307 g/mol. The van der Waals surface area contributed by atoms with Crippen LogP contribution < -0.4 is 5.32 Å². The van der Waals surface area contributed by atoms with Crippen molar-refractivity contribution >= 4 is 26.6 Å². The molecular weight excluding hydrogens is 286 g/mol. The highest BCUT2D eigenvalue weighted by Crippen LogP contribution is 2.20. The standard InChI is InChI=1S/C15H21N3O2S/c1-3-18(21(2,19)20)12-6-10-16-15-14-8-5-4-7-13(14)9-11-17-15/h4-5,7-9,11H,3,6,10,12H2,1-2H3,(H,16,17). The van der Waals surface area contributed by atoms with Gasteiger partial charge in [0.15, 0.2) is 0 Å². The zero-order chi connectivity index (χ0) is 15.3. The summed E-state index contributed by atoms with van der Waals surface area (Å²) in [4.78, 5) is 4.35. The van der Waals surface area contributed by atoms with Gasteiger partial charge >= 0.3 is 0 Å². The predicted octanol–water partition coefficient (Wildman–Crippen LogP) is 2.32. The molecule has 1 aromatic carbocycles. The zero-order valence-corrected chi connectivity index (χ0v) is 13.2. The second-order valence-electron chi connectivity index (χ2n) is 4.92. The fourth-order valence-electron chi connectivity index (χ4n) is 2.28. The Morgan fingerprint density at radius 3 is 2.71 bits per heavy atom. The summed E-state index contributed by atoms with van der Waals surface area (Å²) in [7, 11) is -3.10. The molecule has 1 N–H and O–H groups in total. The molecule has 6 heteroatoms. The van der Waals surface area contributed by atoms with Gasteiger partial charge in [-0.05, 0) is 17.9 Å². The van der Waals surface area contributed by atoms with Crippen molar-refractivity contribution in [2.24, 2.45) is 0 Å². The Hall–Kier alpha value is -1.66. The summed E-state index contributed by atoms with van der Waals surface area (Å²) in [6.07, 6.45) is 3.77. The second kappa shape index (κ2) is 6.87. The molecule has 114 valence electrons. The molecule has 21 heavy (non-hydrogen) atoms. The van der Waals surface area contributed by atoms with Crippen molar-refractivity contribution in [1.82, 2.24) is 9.29 Å². The van der Waals surface area contributed by atoms with Gasteiger partial charge < -0.3 is 5.32 Å². The summed E-state index contributed by atoms with van der Waals surface area (Å²) in [6.45, 7) is 3.56. The molecule has 0 saturated carbocycles. The van der Waals surface area contributed by atoms with Crippen LogP contribution in [0.3, 0.4) is 0 Å². The smallest absolute Gasteiger partial charge is 0.211 e. The average molecular weight is 307 g/mol. The van der Waals surface area contributed by atoms with E-state index < -0.39 is 10.0 Å². The first-order valence-electron chi connectivity index (χ1n) is 7.05. The summed E-state index contributed by atoms with van der Waals surface area (Å²) in [5.74, 6) is 0.843. The first-order valence-corrected chi connectivity index (χ1v) is 8.90. The number of sulfonamides is 1. The van der Waals surface area contributed by atoms with Crippen LogP contribution in [0.5, 0.6) is 0 Å². The molecule has 0 unspecified atom stereocenters. The highest BCUT2D eigenvalue weighted by Gasteiger charge is 2.13. The Morgan fingerprint density at radius 1 is 1.24 bits per heavy atom. The van der Waals surface area contributed by atoms with Gasteiger partial charge in [0.05, 0.1) is 6.26 Å². The van der Waals surface area contributed by atoms with E-state index in [9.17, 15) is 8.42 Å². The molecule has 0 amide bonds. The number of fused-ring (bicyclic) bond motifs is 1. The number of benzene rings is 1. The number of rotatable bonds is 7. The number of nitrogens with zero attached hydrogens (tertiary/aromatic N) is 2. The van der Waals surface area contributed by atoms with Gasteiger partial charge in [-0.15, -0.1) is 0 Å². The van der Waals surface area contributed by atoms with Gasteiger partial charge in [0.25, 0.3) is 0 Å². The predicted molar refractivity (Wildman–Crippen MR) is 86.9 cm³/mol. The second-order valence-corrected chi connectivity index (χ2v) is 6.90. The largest absolute Gasteiger partial charge is 0.370 e. The van der Waals surface area contributed by atoms with E-state index in [1.54, 1.807) is 6.20 Å². The topological polar surface area (TPSA) is 62.3 Å². The molecule has 0 aliphatic heterocycles. The van der Waals surface area contributed by atoms with Crippen LogP contribution in [-0.4, -0.2) is 43.6 Å². The highest BCUT2D eigenvalue weighted by molar-refractivity contribution is 7.88. The normalized spacial score (nSPS) is 12.0. The van der Waals surface area contributed by atoms with Crippen molar-refractivity contribution in [3.63, 3.8) is 0 Å². The van der Waals surface area contributed by atoms with E-state index in [2.05, 4.69) is 10.3 Å². The number of nitrogens with one attached hydrogen (secondary N) is 1. The Morgan fingerprint density at radius 2 is 2.00 bits per heavy atom. The van der Waals surface area contributed by atoms with Gasteiger partial charge in [-0.25, -0.2) is 17.7 Å². The van der Waals surface area contributed by atoms with Crippen molar-refractivity contribution in [3.8, 4) is 0 Å². The molecule has 1 heterocycles. The average Bonchev–Trinajstić information content (AvgIpc) is 2.46. The lowest BCUT2D eigenvalue weighted by Gasteiger charge is -2.17. The van der Waals surface area contributed by atoms with E-state index in [0.717, 1.165) is 23.0 Å². The maximum atomic E-state index is 11.5. The van der Waals surface area contributed by atoms with E-state index in [-0.39, 0.29) is 0 Å². The summed E-state index contributed by atoms with van der Waals surface area (Å²) < 4.78 is 24.5. The molecule has 2 rings (SSSR count). The molecule has 5 nitrogen and oxygen atoms in total. The highest BCUT2D eigenvalue weighted by atomic mass is 32.2. The minimum Gasteiger partial charge on any atom is -0.370 e. The molecule has 0 saturated heterocycles. The quantitative estimate of drug-likeness (QED) is 0.797. The van der Waals surface area contributed by atoms with Crippen LogP contribution in [0, 0.1) is 0 Å². The summed E-state index contributed by atoms with van der Waals surface area (Å²) in [6, 6.07) is 10.0. The van der Waals surface area contributed by atoms with Crippen LogP contribution in [0.15, 0.2) is 36.5 Å². The van der Waals surface area contributed by atoms with Crippen LogP contribution in [-0.2, 0) is 10.0 Å². The van der Waals surface area contributed by atoms with Crippen molar-refractivity contribution in [1.29, 1.82) is 0 Å². The lowest BCUT2D eigenvalue weighted by atomic mass is 10.1. The van der Waals surface area contributed by atoms with Crippen molar-refractivity contribution in [2.45, 2.75) is 13.3 Å². The van der Waals surface area contributed by atoms with E-state index in [0.29, 0.717) is 19.6 Å². The molecule has 0 atom stereocenters. The van der Waals surface area contributed by atoms with Gasteiger partial charge in [-0.3, -0.25) is 0 Å². The van der Waals surface area contributed by atoms with Crippen molar-refractivity contribution < 1.29 is 8.42 Å². The summed E-state index contributed by atoms with van der Waals surface area (Å²) in [5, 5.41) is 5.51. The first-order chi connectivity index (χ1) is 10.0. The molecular formula is C15H21N3O2S. The molecule has 0 aliphatic rings. The Balaban J connectivity index is 1.94. The van der Waals surface area contributed by atoms with Crippen molar-refractivity contribution in [3.05, 3.63) is 36.5 Å². The number of hydrogen-bond acceptors (Lipinski definition) is 4. The van der Waals surface area contributed by atoms with E-state index in [4.69, 9.17) is 0 Å². The summed E-state index contributed by atoms with van der Waals surface area (Å²) in [5.41, 5.74) is 0. The first kappa shape index (κ1) is 15.7.